The van der Waals surface area contributed by atoms with E-state index in [9.17, 15) is 4.79 Å². The van der Waals surface area contributed by atoms with Crippen LogP contribution >= 0.6 is 0 Å². The molecule has 0 saturated heterocycles. The van der Waals surface area contributed by atoms with Gasteiger partial charge in [-0.1, -0.05) is 11.8 Å². The van der Waals surface area contributed by atoms with Gasteiger partial charge in [0.15, 0.2) is 0 Å². The topological polar surface area (TPSA) is 75.1 Å². The van der Waals surface area contributed by atoms with E-state index in [1.807, 2.05) is 6.92 Å². The van der Waals surface area contributed by atoms with Crippen LogP contribution in [0.25, 0.3) is 0 Å². The minimum absolute atomic E-state index is 0.231. The van der Waals surface area contributed by atoms with E-state index in [1.165, 1.54) is 12.4 Å². The molecule has 2 aromatic heterocycles. The molecule has 1 amide bonds. The van der Waals surface area contributed by atoms with Gasteiger partial charge < -0.3 is 10.4 Å². The zero-order chi connectivity index (χ0) is 14.4. The van der Waals surface area contributed by atoms with Gasteiger partial charge in [-0.3, -0.25) is 14.8 Å². The molecule has 0 atom stereocenters. The molecule has 0 saturated carbocycles. The molecule has 2 N–H and O–H groups in total. The minimum atomic E-state index is -0.277. The predicted octanol–water partition coefficient (Wildman–Crippen LogP) is 1.38. The molecule has 2 aromatic rings. The quantitative estimate of drug-likeness (QED) is 0.806. The van der Waals surface area contributed by atoms with E-state index in [2.05, 4.69) is 27.1 Å². The number of aliphatic hydroxyl groups excluding tert-OH is 1. The number of nitrogens with zero attached hydrogens (tertiary/aromatic N) is 2. The van der Waals surface area contributed by atoms with Crippen molar-refractivity contribution in [2.45, 2.75) is 6.92 Å². The fraction of sp³-hybridized carbons (Fsp3) is 0.133. The van der Waals surface area contributed by atoms with Gasteiger partial charge in [-0.25, -0.2) is 0 Å². The highest BCUT2D eigenvalue weighted by Crippen LogP contribution is 2.12. The van der Waals surface area contributed by atoms with Crippen molar-refractivity contribution in [3.63, 3.8) is 0 Å². The molecule has 0 aliphatic heterocycles. The van der Waals surface area contributed by atoms with Crippen LogP contribution in [0.2, 0.25) is 0 Å². The second kappa shape index (κ2) is 6.45. The Bertz CT molecular complexity index is 687. The Labute approximate surface area is 116 Å². The van der Waals surface area contributed by atoms with Crippen LogP contribution in [0.1, 0.15) is 21.6 Å². The van der Waals surface area contributed by atoms with E-state index < -0.39 is 0 Å². The first-order valence-corrected chi connectivity index (χ1v) is 5.98. The Hall–Kier alpha value is -2.71. The standard InChI is InChI=1S/C15H13N3O2/c1-11-14(5-2-6-17-11)18-15(20)13-8-12(4-3-7-19)9-16-10-13/h2,5-6,8-10,19H,7H2,1H3,(H,18,20). The van der Waals surface area contributed by atoms with Gasteiger partial charge in [0.2, 0.25) is 0 Å². The van der Waals surface area contributed by atoms with Gasteiger partial charge in [-0.2, -0.15) is 0 Å². The van der Waals surface area contributed by atoms with Crippen LogP contribution in [0.4, 0.5) is 5.69 Å². The molecule has 5 heteroatoms. The monoisotopic (exact) mass is 267 g/mol. The summed E-state index contributed by atoms with van der Waals surface area (Å²) in [6, 6.07) is 5.16. The van der Waals surface area contributed by atoms with Gasteiger partial charge in [0.25, 0.3) is 5.91 Å². The number of anilines is 1. The highest BCUT2D eigenvalue weighted by molar-refractivity contribution is 6.04. The van der Waals surface area contributed by atoms with Crippen molar-refractivity contribution in [3.05, 3.63) is 53.6 Å². The van der Waals surface area contributed by atoms with Gasteiger partial charge >= 0.3 is 0 Å². The SMILES string of the molecule is Cc1ncccc1NC(=O)c1cncc(C#CCO)c1. The number of hydrogen-bond donors (Lipinski definition) is 2. The van der Waals surface area contributed by atoms with Gasteiger partial charge in [-0.15, -0.1) is 0 Å². The summed E-state index contributed by atoms with van der Waals surface area (Å²) >= 11 is 0. The number of hydrogen-bond acceptors (Lipinski definition) is 4. The molecule has 0 aliphatic rings. The number of aliphatic hydroxyl groups is 1. The smallest absolute Gasteiger partial charge is 0.257 e. The van der Waals surface area contributed by atoms with Crippen molar-refractivity contribution < 1.29 is 9.90 Å². The number of carbonyl (C=O) groups is 1. The summed E-state index contributed by atoms with van der Waals surface area (Å²) in [6.07, 6.45) is 4.66. The van der Waals surface area contributed by atoms with Crippen LogP contribution in [0.5, 0.6) is 0 Å². The maximum atomic E-state index is 12.1. The van der Waals surface area contributed by atoms with E-state index in [4.69, 9.17) is 5.11 Å². The zero-order valence-electron chi connectivity index (χ0n) is 10.9. The summed E-state index contributed by atoms with van der Waals surface area (Å²) in [5, 5.41) is 11.4. The van der Waals surface area contributed by atoms with Gasteiger partial charge in [0.05, 0.1) is 16.9 Å². The molecule has 2 rings (SSSR count). The summed E-state index contributed by atoms with van der Waals surface area (Å²) in [4.78, 5) is 20.2. The number of aromatic nitrogens is 2. The molecule has 0 aromatic carbocycles. The summed E-state index contributed by atoms with van der Waals surface area (Å²) in [5.74, 6) is 4.95. The molecule has 100 valence electrons. The maximum absolute atomic E-state index is 12.1. The van der Waals surface area contributed by atoms with Crippen molar-refractivity contribution in [2.24, 2.45) is 0 Å². The molecular weight excluding hydrogens is 254 g/mol. The molecule has 0 spiro atoms. The molecule has 0 bridgehead atoms. The fourth-order valence-corrected chi connectivity index (χ4v) is 1.58. The van der Waals surface area contributed by atoms with E-state index in [-0.39, 0.29) is 12.5 Å². The first kappa shape index (κ1) is 13.7. The van der Waals surface area contributed by atoms with E-state index >= 15 is 0 Å². The van der Waals surface area contributed by atoms with Crippen molar-refractivity contribution in [3.8, 4) is 11.8 Å². The van der Waals surface area contributed by atoms with Gasteiger partial charge in [0.1, 0.15) is 6.61 Å². The third kappa shape index (κ3) is 3.40. The maximum Gasteiger partial charge on any atom is 0.257 e. The number of nitrogens with one attached hydrogen (secondary N) is 1. The Morgan fingerprint density at radius 2 is 2.30 bits per heavy atom. The molecule has 20 heavy (non-hydrogen) atoms. The Balaban J connectivity index is 2.19. The molecule has 0 fully saturated rings. The Morgan fingerprint density at radius 3 is 3.05 bits per heavy atom. The van der Waals surface area contributed by atoms with Crippen LogP contribution in [-0.2, 0) is 0 Å². The van der Waals surface area contributed by atoms with Crippen LogP contribution in [0.3, 0.4) is 0 Å². The van der Waals surface area contributed by atoms with E-state index in [0.717, 1.165) is 5.69 Å². The minimum Gasteiger partial charge on any atom is -0.384 e. The lowest BCUT2D eigenvalue weighted by atomic mass is 10.2. The van der Waals surface area contributed by atoms with Crippen LogP contribution in [-0.4, -0.2) is 27.6 Å². The summed E-state index contributed by atoms with van der Waals surface area (Å²) in [5.41, 5.74) is 2.38. The molecular formula is C15H13N3O2. The van der Waals surface area contributed by atoms with Crippen LogP contribution in [0, 0.1) is 18.8 Å². The number of pyridine rings is 2. The Kier molecular flexibility index (Phi) is 4.43. The third-order valence-electron chi connectivity index (χ3n) is 2.57. The first-order chi connectivity index (χ1) is 9.70. The number of carbonyl (C=O) groups excluding carboxylic acids is 1. The van der Waals surface area contributed by atoms with Crippen molar-refractivity contribution >= 4 is 11.6 Å². The van der Waals surface area contributed by atoms with Gasteiger partial charge in [0, 0.05) is 24.2 Å². The second-order valence-corrected chi connectivity index (χ2v) is 4.01. The summed E-state index contributed by atoms with van der Waals surface area (Å²) < 4.78 is 0. The molecule has 0 aliphatic carbocycles. The third-order valence-corrected chi connectivity index (χ3v) is 2.57. The highest BCUT2D eigenvalue weighted by atomic mass is 16.2. The largest absolute Gasteiger partial charge is 0.384 e. The average Bonchev–Trinajstić information content (AvgIpc) is 2.48. The number of rotatable bonds is 2. The lowest BCUT2D eigenvalue weighted by Gasteiger charge is -2.07. The fourth-order valence-electron chi connectivity index (χ4n) is 1.58. The predicted molar refractivity (Wildman–Crippen MR) is 75.1 cm³/mol. The first-order valence-electron chi connectivity index (χ1n) is 5.98. The van der Waals surface area contributed by atoms with Crippen molar-refractivity contribution in [1.29, 1.82) is 0 Å². The molecule has 2 heterocycles. The zero-order valence-corrected chi connectivity index (χ0v) is 10.9. The second-order valence-electron chi connectivity index (χ2n) is 4.01. The van der Waals surface area contributed by atoms with Crippen molar-refractivity contribution in [2.75, 3.05) is 11.9 Å². The highest BCUT2D eigenvalue weighted by Gasteiger charge is 2.08. The normalized spacial score (nSPS) is 9.50. The molecule has 0 unspecified atom stereocenters. The molecule has 5 nitrogen and oxygen atoms in total. The summed E-state index contributed by atoms with van der Waals surface area (Å²) in [7, 11) is 0. The van der Waals surface area contributed by atoms with Crippen LogP contribution in [0.15, 0.2) is 36.8 Å². The Morgan fingerprint density at radius 1 is 1.45 bits per heavy atom. The molecule has 0 radical (unpaired) electrons. The van der Waals surface area contributed by atoms with E-state index in [1.54, 1.807) is 24.4 Å². The number of aryl methyl sites for hydroxylation is 1. The number of amides is 1. The lowest BCUT2D eigenvalue weighted by Crippen LogP contribution is -2.13. The van der Waals surface area contributed by atoms with Gasteiger partial charge in [-0.05, 0) is 25.1 Å². The summed E-state index contributed by atoms with van der Waals surface area (Å²) in [6.45, 7) is 1.59. The van der Waals surface area contributed by atoms with E-state index in [0.29, 0.717) is 16.8 Å². The van der Waals surface area contributed by atoms with Crippen LogP contribution < -0.4 is 5.32 Å². The average molecular weight is 267 g/mol. The van der Waals surface area contributed by atoms with Crippen molar-refractivity contribution in [1.82, 2.24) is 9.97 Å². The lowest BCUT2D eigenvalue weighted by molar-refractivity contribution is 0.102.